The predicted octanol–water partition coefficient (Wildman–Crippen LogP) is 2.35. The molecule has 0 aliphatic rings. The zero-order valence-electron chi connectivity index (χ0n) is 11.9. The second-order valence-electron chi connectivity index (χ2n) is 4.73. The van der Waals surface area contributed by atoms with Crippen LogP contribution in [0.1, 0.15) is 5.76 Å². The number of ether oxygens (including phenoxy) is 2. The fourth-order valence-corrected chi connectivity index (χ4v) is 2.47. The quantitative estimate of drug-likeness (QED) is 0.676. The maximum absolute atomic E-state index is 12.6. The van der Waals surface area contributed by atoms with Gasteiger partial charge in [0.25, 0.3) is 0 Å². The van der Waals surface area contributed by atoms with Crippen molar-refractivity contribution in [1.82, 2.24) is 0 Å². The van der Waals surface area contributed by atoms with E-state index in [-0.39, 0.29) is 16.4 Å². The Kier molecular flexibility index (Phi) is 2.97. The van der Waals surface area contributed by atoms with E-state index < -0.39 is 5.75 Å². The molecule has 3 rings (SSSR count). The van der Waals surface area contributed by atoms with Gasteiger partial charge in [-0.3, -0.25) is 4.79 Å². The molecule has 5 nitrogen and oxygen atoms in total. The maximum Gasteiger partial charge on any atom is 0.192 e. The summed E-state index contributed by atoms with van der Waals surface area (Å²) in [7, 11) is 3.00. The number of rotatable bonds is 2. The Morgan fingerprint density at radius 3 is 2.48 bits per heavy atom. The molecule has 2 aromatic carbocycles. The van der Waals surface area contributed by atoms with Gasteiger partial charge < -0.3 is 19.0 Å². The van der Waals surface area contributed by atoms with Crippen LogP contribution in [-0.4, -0.2) is 14.2 Å². The first-order valence-electron chi connectivity index (χ1n) is 6.35. The van der Waals surface area contributed by atoms with Crippen molar-refractivity contribution < 1.29 is 19.0 Å². The lowest BCUT2D eigenvalue weighted by molar-refractivity contribution is -0.263. The van der Waals surface area contributed by atoms with E-state index >= 15 is 0 Å². The van der Waals surface area contributed by atoms with Gasteiger partial charge in [0.2, 0.25) is 0 Å². The van der Waals surface area contributed by atoms with Crippen molar-refractivity contribution in [2.75, 3.05) is 14.2 Å². The van der Waals surface area contributed by atoms with E-state index in [9.17, 15) is 9.90 Å². The van der Waals surface area contributed by atoms with Gasteiger partial charge in [-0.25, -0.2) is 0 Å². The average molecular weight is 285 g/mol. The summed E-state index contributed by atoms with van der Waals surface area (Å²) in [6, 6.07) is 6.30. The van der Waals surface area contributed by atoms with Crippen molar-refractivity contribution in [1.29, 1.82) is 0 Å². The third-order valence-corrected chi connectivity index (χ3v) is 3.40. The third-order valence-electron chi connectivity index (χ3n) is 3.40. The van der Waals surface area contributed by atoms with Crippen molar-refractivity contribution in [3.63, 3.8) is 0 Å². The van der Waals surface area contributed by atoms with E-state index in [0.29, 0.717) is 28.0 Å². The summed E-state index contributed by atoms with van der Waals surface area (Å²) in [5.41, 5.74) is -0.0775. The second-order valence-corrected chi connectivity index (χ2v) is 4.73. The molecule has 0 saturated carbocycles. The summed E-state index contributed by atoms with van der Waals surface area (Å²) < 4.78 is 15.9. The van der Waals surface area contributed by atoms with Crippen molar-refractivity contribution >= 4 is 21.7 Å². The van der Waals surface area contributed by atoms with Gasteiger partial charge in [-0.05, 0) is 24.4 Å². The lowest BCUT2D eigenvalue weighted by Gasteiger charge is -2.17. The Morgan fingerprint density at radius 2 is 1.81 bits per heavy atom. The van der Waals surface area contributed by atoms with Crippen LogP contribution in [0.25, 0.3) is 21.7 Å². The summed E-state index contributed by atoms with van der Waals surface area (Å²) in [6.45, 7) is 1.67. The lowest BCUT2D eigenvalue weighted by atomic mass is 10.0. The van der Waals surface area contributed by atoms with Gasteiger partial charge in [-0.1, -0.05) is 5.75 Å². The summed E-state index contributed by atoms with van der Waals surface area (Å²) in [5.74, 6) is 1.00. The molecule has 21 heavy (non-hydrogen) atoms. The fraction of sp³-hybridized carbons (Fsp3) is 0.188. The standard InChI is InChI=1S/C16H14O5/c1-8-4-11(17)15-13(21-8)6-9-5-10(19-2)7-12(20-3)14(9)16(15)18/h4-7,18H,1-3H3/p-1. The molecule has 0 N–H and O–H groups in total. The molecule has 0 saturated heterocycles. The highest BCUT2D eigenvalue weighted by atomic mass is 16.5. The molecule has 0 bridgehead atoms. The molecule has 0 atom stereocenters. The minimum absolute atomic E-state index is 0.0385. The van der Waals surface area contributed by atoms with Crippen molar-refractivity contribution in [2.45, 2.75) is 6.92 Å². The van der Waals surface area contributed by atoms with E-state index in [1.807, 2.05) is 0 Å². The molecule has 1 aromatic heterocycles. The number of hydrogen-bond acceptors (Lipinski definition) is 5. The van der Waals surface area contributed by atoms with Crippen molar-refractivity contribution in [3.8, 4) is 17.2 Å². The largest absolute Gasteiger partial charge is 0.871 e. The first-order chi connectivity index (χ1) is 10.0. The van der Waals surface area contributed by atoms with Crippen LogP contribution < -0.4 is 20.0 Å². The Balaban J connectivity index is 2.56. The first kappa shape index (κ1) is 13.3. The Hall–Kier alpha value is -2.69. The van der Waals surface area contributed by atoms with E-state index in [4.69, 9.17) is 13.9 Å². The molecule has 0 radical (unpaired) electrons. The van der Waals surface area contributed by atoms with Gasteiger partial charge in [0.1, 0.15) is 22.8 Å². The van der Waals surface area contributed by atoms with Crippen LogP contribution in [0.15, 0.2) is 33.5 Å². The monoisotopic (exact) mass is 285 g/mol. The molecule has 108 valence electrons. The van der Waals surface area contributed by atoms with Crippen LogP contribution in [0, 0.1) is 6.92 Å². The molecule has 0 fully saturated rings. The highest BCUT2D eigenvalue weighted by molar-refractivity contribution is 6.05. The SMILES string of the molecule is COc1cc(OC)c2c([O-])c3c(=O)cc(C)oc3cc2c1. The topological polar surface area (TPSA) is 71.7 Å². The van der Waals surface area contributed by atoms with E-state index in [0.717, 1.165) is 0 Å². The van der Waals surface area contributed by atoms with Crippen molar-refractivity contribution in [3.05, 3.63) is 40.2 Å². The second kappa shape index (κ2) is 4.70. The molecular formula is C16H13O5-. The van der Waals surface area contributed by atoms with Gasteiger partial charge in [-0.15, -0.1) is 0 Å². The molecule has 0 aliphatic carbocycles. The van der Waals surface area contributed by atoms with Crippen molar-refractivity contribution in [2.24, 2.45) is 0 Å². The summed E-state index contributed by atoms with van der Waals surface area (Å²) in [4.78, 5) is 12.1. The average Bonchev–Trinajstić information content (AvgIpc) is 2.44. The van der Waals surface area contributed by atoms with Gasteiger partial charge in [0.15, 0.2) is 5.43 Å². The number of aryl methyl sites for hydroxylation is 1. The lowest BCUT2D eigenvalue weighted by Crippen LogP contribution is -2.06. The van der Waals surface area contributed by atoms with Gasteiger partial charge in [0.05, 0.1) is 19.6 Å². The number of hydrogen-bond donors (Lipinski definition) is 0. The number of methoxy groups -OCH3 is 2. The van der Waals surface area contributed by atoms with Gasteiger partial charge >= 0.3 is 0 Å². The molecular weight excluding hydrogens is 272 g/mol. The minimum atomic E-state index is -0.393. The normalized spacial score (nSPS) is 11.0. The van der Waals surface area contributed by atoms with Crippen LogP contribution in [0.4, 0.5) is 0 Å². The summed E-state index contributed by atoms with van der Waals surface area (Å²) in [5, 5.41) is 13.6. The summed E-state index contributed by atoms with van der Waals surface area (Å²) >= 11 is 0. The van der Waals surface area contributed by atoms with Gasteiger partial charge in [-0.2, -0.15) is 0 Å². The van der Waals surface area contributed by atoms with E-state index in [1.54, 1.807) is 25.1 Å². The van der Waals surface area contributed by atoms with Gasteiger partial charge in [0, 0.05) is 17.5 Å². The fourth-order valence-electron chi connectivity index (χ4n) is 2.47. The Morgan fingerprint density at radius 1 is 1.05 bits per heavy atom. The highest BCUT2D eigenvalue weighted by Gasteiger charge is 2.12. The predicted molar refractivity (Wildman–Crippen MR) is 77.3 cm³/mol. The Labute approximate surface area is 120 Å². The summed E-state index contributed by atoms with van der Waals surface area (Å²) in [6.07, 6.45) is 0. The molecule has 3 aromatic rings. The number of benzene rings is 2. The van der Waals surface area contributed by atoms with E-state index in [1.165, 1.54) is 20.3 Å². The first-order valence-corrected chi connectivity index (χ1v) is 6.35. The zero-order valence-corrected chi connectivity index (χ0v) is 11.9. The molecule has 5 heteroatoms. The molecule has 0 spiro atoms. The molecule has 0 unspecified atom stereocenters. The minimum Gasteiger partial charge on any atom is -0.871 e. The molecule has 1 heterocycles. The number of fused-ring (bicyclic) bond motifs is 2. The van der Waals surface area contributed by atoms with E-state index in [2.05, 4.69) is 0 Å². The van der Waals surface area contributed by atoms with Crippen LogP contribution in [-0.2, 0) is 0 Å². The zero-order chi connectivity index (χ0) is 15.1. The Bertz CT molecular complexity index is 908. The molecule has 0 amide bonds. The maximum atomic E-state index is 12.6. The van der Waals surface area contributed by atoms with Crippen LogP contribution in [0.3, 0.4) is 0 Å². The smallest absolute Gasteiger partial charge is 0.192 e. The van der Waals surface area contributed by atoms with Crippen LogP contribution in [0.2, 0.25) is 0 Å². The highest BCUT2D eigenvalue weighted by Crippen LogP contribution is 2.39. The van der Waals surface area contributed by atoms with Crippen LogP contribution >= 0.6 is 0 Å². The third kappa shape index (κ3) is 1.98. The molecule has 0 aliphatic heterocycles. The van der Waals surface area contributed by atoms with Crippen LogP contribution in [0.5, 0.6) is 17.2 Å².